The summed E-state index contributed by atoms with van der Waals surface area (Å²) >= 11 is 6.93. The van der Waals surface area contributed by atoms with Gasteiger partial charge in [0.2, 0.25) is 5.91 Å². The highest BCUT2D eigenvalue weighted by molar-refractivity contribution is 9.10. The van der Waals surface area contributed by atoms with E-state index in [1.165, 1.54) is 5.56 Å². The van der Waals surface area contributed by atoms with E-state index in [0.717, 1.165) is 14.5 Å². The highest BCUT2D eigenvalue weighted by atomic mass is 79.9. The topological polar surface area (TPSA) is 58.6 Å². The molecule has 2 amide bonds. The maximum absolute atomic E-state index is 13.0. The van der Waals surface area contributed by atoms with Crippen molar-refractivity contribution >= 4 is 43.7 Å². The van der Waals surface area contributed by atoms with Gasteiger partial charge in [-0.15, -0.1) is 0 Å². The average molecular weight is 540 g/mol. The molecule has 7 heteroatoms. The molecule has 0 saturated heterocycles. The first-order valence-corrected chi connectivity index (χ1v) is 11.5. The zero-order valence-electron chi connectivity index (χ0n) is 17.7. The number of carbonyl (C=O) groups excluding carboxylic acids is 2. The molecule has 0 aliphatic heterocycles. The van der Waals surface area contributed by atoms with Crippen molar-refractivity contribution in [3.05, 3.63) is 62.5 Å². The minimum Gasteiger partial charge on any atom is -0.483 e. The van der Waals surface area contributed by atoms with Crippen LogP contribution in [0.5, 0.6) is 5.75 Å². The van der Waals surface area contributed by atoms with Crippen LogP contribution in [0.4, 0.5) is 0 Å². The summed E-state index contributed by atoms with van der Waals surface area (Å²) in [7, 11) is 0. The van der Waals surface area contributed by atoms with Crippen molar-refractivity contribution in [2.45, 2.75) is 46.2 Å². The van der Waals surface area contributed by atoms with E-state index in [4.69, 9.17) is 4.74 Å². The number of hydrogen-bond donors (Lipinski definition) is 1. The lowest BCUT2D eigenvalue weighted by atomic mass is 10.0. The van der Waals surface area contributed by atoms with Crippen LogP contribution in [0.15, 0.2) is 51.4 Å². The summed E-state index contributed by atoms with van der Waals surface area (Å²) in [5.41, 5.74) is 2.12. The van der Waals surface area contributed by atoms with Crippen molar-refractivity contribution in [3.63, 3.8) is 0 Å². The lowest BCUT2D eigenvalue weighted by Crippen LogP contribution is -2.49. The minimum absolute atomic E-state index is 0.153. The van der Waals surface area contributed by atoms with Gasteiger partial charge in [-0.25, -0.2) is 0 Å². The number of benzene rings is 2. The van der Waals surface area contributed by atoms with Gasteiger partial charge in [0.15, 0.2) is 6.61 Å². The van der Waals surface area contributed by atoms with Crippen LogP contribution in [-0.2, 0) is 16.1 Å². The van der Waals surface area contributed by atoms with E-state index in [2.05, 4.69) is 51.0 Å². The molecule has 0 bridgehead atoms. The minimum atomic E-state index is -0.614. The van der Waals surface area contributed by atoms with E-state index < -0.39 is 6.04 Å². The number of rotatable bonds is 9. The number of nitrogens with one attached hydrogen (secondary N) is 1. The first-order chi connectivity index (χ1) is 14.2. The maximum Gasteiger partial charge on any atom is 0.261 e. The molecule has 1 atom stereocenters. The largest absolute Gasteiger partial charge is 0.483 e. The number of likely N-dealkylation sites (N-methyl/N-ethyl adjacent to an activating group) is 1. The molecule has 0 unspecified atom stereocenters. The third-order valence-electron chi connectivity index (χ3n) is 4.76. The van der Waals surface area contributed by atoms with Crippen LogP contribution in [0.3, 0.4) is 0 Å². The Labute approximate surface area is 195 Å². The molecule has 0 aromatic heterocycles. The van der Waals surface area contributed by atoms with Gasteiger partial charge in [-0.05, 0) is 71.1 Å². The van der Waals surface area contributed by atoms with E-state index >= 15 is 0 Å². The van der Waals surface area contributed by atoms with Crippen molar-refractivity contribution in [3.8, 4) is 5.75 Å². The molecule has 0 fully saturated rings. The van der Waals surface area contributed by atoms with Gasteiger partial charge in [0.25, 0.3) is 5.91 Å². The smallest absolute Gasteiger partial charge is 0.261 e. The predicted molar refractivity (Wildman–Crippen MR) is 127 cm³/mol. The Morgan fingerprint density at radius 2 is 1.73 bits per heavy atom. The molecular weight excluding hydrogens is 512 g/mol. The zero-order chi connectivity index (χ0) is 22.3. The molecule has 2 aromatic rings. The first kappa shape index (κ1) is 24.4. The molecule has 30 heavy (non-hydrogen) atoms. The molecular formula is C23H28Br2N2O3. The van der Waals surface area contributed by atoms with Gasteiger partial charge < -0.3 is 15.0 Å². The van der Waals surface area contributed by atoms with Gasteiger partial charge in [0.1, 0.15) is 11.8 Å². The third kappa shape index (κ3) is 6.84. The van der Waals surface area contributed by atoms with Crippen LogP contribution in [0.25, 0.3) is 0 Å². The fraction of sp³-hybridized carbons (Fsp3) is 0.391. The Morgan fingerprint density at radius 3 is 2.30 bits per heavy atom. The summed E-state index contributed by atoms with van der Waals surface area (Å²) in [6.45, 7) is 8.50. The molecule has 5 nitrogen and oxygen atoms in total. The molecule has 0 heterocycles. The predicted octanol–water partition coefficient (Wildman–Crippen LogP) is 5.27. The summed E-state index contributed by atoms with van der Waals surface area (Å²) in [5, 5.41) is 2.79. The molecule has 2 aromatic carbocycles. The van der Waals surface area contributed by atoms with Crippen LogP contribution < -0.4 is 10.1 Å². The lowest BCUT2D eigenvalue weighted by Gasteiger charge is -2.28. The Hall–Kier alpha value is -1.86. The Balaban J connectivity index is 2.15. The maximum atomic E-state index is 13.0. The molecule has 162 valence electrons. The third-order valence-corrected chi connectivity index (χ3v) is 5.91. The molecule has 0 saturated carbocycles. The van der Waals surface area contributed by atoms with E-state index in [1.54, 1.807) is 11.8 Å². The SMILES string of the molecule is CCNC(=O)[C@H](C)N(Cc1ccc(Br)cc1)C(=O)COc1ccc(C(C)C)cc1Br. The molecule has 0 aliphatic rings. The summed E-state index contributed by atoms with van der Waals surface area (Å²) in [6.07, 6.45) is 0. The zero-order valence-corrected chi connectivity index (χ0v) is 20.9. The van der Waals surface area contributed by atoms with Gasteiger partial charge >= 0.3 is 0 Å². The van der Waals surface area contributed by atoms with Gasteiger partial charge in [-0.3, -0.25) is 9.59 Å². The van der Waals surface area contributed by atoms with Crippen molar-refractivity contribution in [1.82, 2.24) is 10.2 Å². The second-order valence-electron chi connectivity index (χ2n) is 7.35. The first-order valence-electron chi connectivity index (χ1n) is 9.96. The normalized spacial score (nSPS) is 11.8. The fourth-order valence-electron chi connectivity index (χ4n) is 2.91. The fourth-order valence-corrected chi connectivity index (χ4v) is 3.68. The van der Waals surface area contributed by atoms with Gasteiger partial charge in [0.05, 0.1) is 4.47 Å². The quantitative estimate of drug-likeness (QED) is 0.472. The molecule has 0 radical (unpaired) electrons. The van der Waals surface area contributed by atoms with Crippen molar-refractivity contribution in [1.29, 1.82) is 0 Å². The Kier molecular flexibility index (Phi) is 9.37. The van der Waals surface area contributed by atoms with E-state index in [-0.39, 0.29) is 18.4 Å². The van der Waals surface area contributed by atoms with Crippen LogP contribution in [-0.4, -0.2) is 35.9 Å². The number of hydrogen-bond acceptors (Lipinski definition) is 3. The van der Waals surface area contributed by atoms with Crippen LogP contribution >= 0.6 is 31.9 Å². The van der Waals surface area contributed by atoms with Crippen LogP contribution in [0.2, 0.25) is 0 Å². The highest BCUT2D eigenvalue weighted by Gasteiger charge is 2.26. The average Bonchev–Trinajstić information content (AvgIpc) is 2.71. The number of halogens is 2. The number of amides is 2. The standard InChI is InChI=1S/C23H28Br2N2O3/c1-5-26-23(29)16(4)27(13-17-6-9-19(24)10-7-17)22(28)14-30-21-11-8-18(15(2)3)12-20(21)25/h6-12,15-16H,5,13-14H2,1-4H3,(H,26,29)/t16-/m0/s1. The second kappa shape index (κ2) is 11.5. The van der Waals surface area contributed by atoms with E-state index in [0.29, 0.717) is 24.8 Å². The summed E-state index contributed by atoms with van der Waals surface area (Å²) in [6, 6.07) is 12.9. The van der Waals surface area contributed by atoms with Crippen molar-refractivity contribution in [2.24, 2.45) is 0 Å². The summed E-state index contributed by atoms with van der Waals surface area (Å²) in [5.74, 6) is 0.556. The second-order valence-corrected chi connectivity index (χ2v) is 9.12. The molecule has 0 aliphatic carbocycles. The monoisotopic (exact) mass is 538 g/mol. The van der Waals surface area contributed by atoms with Crippen molar-refractivity contribution in [2.75, 3.05) is 13.2 Å². The number of ether oxygens (including phenoxy) is 1. The van der Waals surface area contributed by atoms with Crippen molar-refractivity contribution < 1.29 is 14.3 Å². The Morgan fingerprint density at radius 1 is 1.07 bits per heavy atom. The Bertz CT molecular complexity index is 869. The van der Waals surface area contributed by atoms with Gasteiger partial charge in [0, 0.05) is 17.6 Å². The molecule has 0 spiro atoms. The van der Waals surface area contributed by atoms with Gasteiger partial charge in [-0.1, -0.05) is 48.0 Å². The molecule has 1 N–H and O–H groups in total. The summed E-state index contributed by atoms with van der Waals surface area (Å²) < 4.78 is 7.54. The highest BCUT2D eigenvalue weighted by Crippen LogP contribution is 2.29. The van der Waals surface area contributed by atoms with Crippen LogP contribution in [0.1, 0.15) is 44.7 Å². The van der Waals surface area contributed by atoms with Gasteiger partial charge in [-0.2, -0.15) is 0 Å². The van der Waals surface area contributed by atoms with Crippen LogP contribution in [0, 0.1) is 0 Å². The molecule has 2 rings (SSSR count). The summed E-state index contributed by atoms with van der Waals surface area (Å²) in [4.78, 5) is 27.0. The number of carbonyl (C=O) groups is 2. The van der Waals surface area contributed by atoms with E-state index in [1.807, 2.05) is 49.4 Å². The number of nitrogens with zero attached hydrogens (tertiary/aromatic N) is 1. The van der Waals surface area contributed by atoms with E-state index in [9.17, 15) is 9.59 Å². The lowest BCUT2D eigenvalue weighted by molar-refractivity contribution is -0.142.